The zero-order valence-corrected chi connectivity index (χ0v) is 12.1. The maximum Gasteiger partial charge on any atom is 0.373 e. The lowest BCUT2D eigenvalue weighted by Crippen LogP contribution is -1.98. The molecule has 1 N–H and O–H groups in total. The molecule has 5 heteroatoms. The fourth-order valence-electron chi connectivity index (χ4n) is 1.72. The Morgan fingerprint density at radius 2 is 2.00 bits per heavy atom. The molecule has 4 nitrogen and oxygen atoms in total. The van der Waals surface area contributed by atoms with Gasteiger partial charge in [0.2, 0.25) is 5.76 Å². The van der Waals surface area contributed by atoms with Crippen molar-refractivity contribution in [2.75, 3.05) is 7.11 Å². The topological polar surface area (TPSA) is 59.7 Å². The molecule has 0 aliphatic rings. The van der Waals surface area contributed by atoms with Gasteiger partial charge in [-0.2, -0.15) is 0 Å². The first-order chi connectivity index (χ1) is 9.63. The van der Waals surface area contributed by atoms with E-state index < -0.39 is 5.97 Å². The summed E-state index contributed by atoms with van der Waals surface area (Å²) in [7, 11) is 1.32. The molecule has 1 atom stereocenters. The van der Waals surface area contributed by atoms with E-state index in [1.165, 1.54) is 7.11 Å². The Bertz CT molecular complexity index is 574. The molecule has 106 valence electrons. The van der Waals surface area contributed by atoms with E-state index in [-0.39, 0.29) is 17.6 Å². The molecule has 20 heavy (non-hydrogen) atoms. The van der Waals surface area contributed by atoms with Crippen LogP contribution in [0.2, 0.25) is 0 Å². The smallest absolute Gasteiger partial charge is 0.373 e. The molecule has 0 amide bonds. The lowest BCUT2D eigenvalue weighted by atomic mass is 10.2. The summed E-state index contributed by atoms with van der Waals surface area (Å²) in [5.41, 5.74) is 0.882. The predicted octanol–water partition coefficient (Wildman–Crippen LogP) is 3.41. The molecule has 2 aromatic rings. The Morgan fingerprint density at radius 3 is 2.60 bits per heavy atom. The van der Waals surface area contributed by atoms with Crippen LogP contribution in [-0.2, 0) is 11.3 Å². The summed E-state index contributed by atoms with van der Waals surface area (Å²) >= 11 is 1.62. The number of rotatable bonds is 5. The number of carbonyl (C=O) groups excluding carboxylic acids is 1. The molecule has 0 bridgehead atoms. The lowest BCUT2D eigenvalue weighted by Gasteiger charge is -2.08. The first-order valence-electron chi connectivity index (χ1n) is 6.18. The van der Waals surface area contributed by atoms with E-state index in [0.29, 0.717) is 0 Å². The summed E-state index contributed by atoms with van der Waals surface area (Å²) < 4.78 is 10.1. The van der Waals surface area contributed by atoms with E-state index in [4.69, 9.17) is 9.52 Å². The molecule has 1 unspecified atom stereocenters. The van der Waals surface area contributed by atoms with Gasteiger partial charge in [-0.25, -0.2) is 4.79 Å². The van der Waals surface area contributed by atoms with E-state index in [2.05, 4.69) is 4.74 Å². The van der Waals surface area contributed by atoms with E-state index in [1.807, 2.05) is 31.2 Å². The minimum atomic E-state index is -0.472. The molecular weight excluding hydrogens is 276 g/mol. The maximum absolute atomic E-state index is 11.3. The molecule has 0 aliphatic heterocycles. The number of methoxy groups -OCH3 is 1. The number of esters is 1. The van der Waals surface area contributed by atoms with Crippen molar-refractivity contribution in [3.8, 4) is 0 Å². The maximum atomic E-state index is 11.3. The van der Waals surface area contributed by atoms with Crippen molar-refractivity contribution in [3.63, 3.8) is 0 Å². The van der Waals surface area contributed by atoms with Crippen LogP contribution in [0.3, 0.4) is 0 Å². The van der Waals surface area contributed by atoms with Crippen molar-refractivity contribution in [3.05, 3.63) is 53.5 Å². The standard InChI is InChI=1S/C15H16O4S/c1-10(13-7-8-14(19-13)15(17)18-2)20-12-5-3-11(9-16)4-6-12/h3-8,10,16H,9H2,1-2H3. The molecule has 2 rings (SSSR count). The summed E-state index contributed by atoms with van der Waals surface area (Å²) in [4.78, 5) is 12.4. The van der Waals surface area contributed by atoms with Gasteiger partial charge in [0.1, 0.15) is 5.76 Å². The molecule has 0 radical (unpaired) electrons. The van der Waals surface area contributed by atoms with Gasteiger partial charge in [0.05, 0.1) is 19.0 Å². The van der Waals surface area contributed by atoms with Gasteiger partial charge in [0, 0.05) is 4.90 Å². The molecule has 0 saturated carbocycles. The zero-order valence-electron chi connectivity index (χ0n) is 11.3. The monoisotopic (exact) mass is 292 g/mol. The van der Waals surface area contributed by atoms with Crippen LogP contribution >= 0.6 is 11.8 Å². The number of aliphatic hydroxyl groups is 1. The Hall–Kier alpha value is -1.72. The fourth-order valence-corrected chi connectivity index (χ4v) is 2.66. The zero-order chi connectivity index (χ0) is 14.5. The largest absolute Gasteiger partial charge is 0.463 e. The van der Waals surface area contributed by atoms with Crippen molar-refractivity contribution >= 4 is 17.7 Å². The molecule has 0 saturated heterocycles. The van der Waals surface area contributed by atoms with Gasteiger partial charge in [-0.05, 0) is 36.8 Å². The van der Waals surface area contributed by atoms with E-state index in [1.54, 1.807) is 23.9 Å². The third-order valence-corrected chi connectivity index (χ3v) is 3.96. The molecular formula is C15H16O4S. The normalized spacial score (nSPS) is 12.2. The predicted molar refractivity (Wildman–Crippen MR) is 76.7 cm³/mol. The van der Waals surface area contributed by atoms with Crippen molar-refractivity contribution in [2.45, 2.75) is 23.7 Å². The van der Waals surface area contributed by atoms with Gasteiger partial charge >= 0.3 is 5.97 Å². The van der Waals surface area contributed by atoms with Crippen LogP contribution in [0.15, 0.2) is 45.7 Å². The van der Waals surface area contributed by atoms with Crippen LogP contribution in [0, 0.1) is 0 Å². The van der Waals surface area contributed by atoms with Gasteiger partial charge in [0.15, 0.2) is 0 Å². The molecule has 1 aromatic heterocycles. The first kappa shape index (κ1) is 14.7. The lowest BCUT2D eigenvalue weighted by molar-refractivity contribution is 0.0563. The van der Waals surface area contributed by atoms with E-state index in [0.717, 1.165) is 16.2 Å². The quantitative estimate of drug-likeness (QED) is 0.676. The van der Waals surface area contributed by atoms with Gasteiger partial charge in [0.25, 0.3) is 0 Å². The third kappa shape index (κ3) is 3.43. The molecule has 0 fully saturated rings. The minimum absolute atomic E-state index is 0.0428. The van der Waals surface area contributed by atoms with Crippen LogP contribution in [0.25, 0.3) is 0 Å². The Morgan fingerprint density at radius 1 is 1.30 bits per heavy atom. The number of hydrogen-bond donors (Lipinski definition) is 1. The highest BCUT2D eigenvalue weighted by molar-refractivity contribution is 7.99. The molecule has 0 aliphatic carbocycles. The van der Waals surface area contributed by atoms with Crippen molar-refractivity contribution in [2.24, 2.45) is 0 Å². The van der Waals surface area contributed by atoms with Crippen LogP contribution in [0.5, 0.6) is 0 Å². The van der Waals surface area contributed by atoms with Crippen molar-refractivity contribution < 1.29 is 19.1 Å². The van der Waals surface area contributed by atoms with Crippen LogP contribution in [0.1, 0.15) is 34.1 Å². The van der Waals surface area contributed by atoms with Gasteiger partial charge < -0.3 is 14.3 Å². The summed E-state index contributed by atoms with van der Waals surface area (Å²) in [6.07, 6.45) is 0. The number of thioether (sulfide) groups is 1. The van der Waals surface area contributed by atoms with Crippen molar-refractivity contribution in [1.82, 2.24) is 0 Å². The molecule has 1 heterocycles. The SMILES string of the molecule is COC(=O)c1ccc(C(C)Sc2ccc(CO)cc2)o1. The number of ether oxygens (including phenoxy) is 1. The summed E-state index contributed by atoms with van der Waals surface area (Å²) in [5.74, 6) is 0.466. The van der Waals surface area contributed by atoms with Crippen molar-refractivity contribution in [1.29, 1.82) is 0 Å². The van der Waals surface area contributed by atoms with Gasteiger partial charge in [-0.1, -0.05) is 12.1 Å². The molecule has 0 spiro atoms. The Balaban J connectivity index is 2.05. The summed E-state index contributed by atoms with van der Waals surface area (Å²) in [6.45, 7) is 2.05. The third-order valence-electron chi connectivity index (χ3n) is 2.83. The highest BCUT2D eigenvalue weighted by atomic mass is 32.2. The Kier molecular flexibility index (Phi) is 4.87. The second-order valence-corrected chi connectivity index (χ2v) is 5.67. The average Bonchev–Trinajstić information content (AvgIpc) is 2.97. The number of hydrogen-bond acceptors (Lipinski definition) is 5. The average molecular weight is 292 g/mol. The van der Waals surface area contributed by atoms with Crippen LogP contribution < -0.4 is 0 Å². The minimum Gasteiger partial charge on any atom is -0.463 e. The Labute approximate surface area is 121 Å². The van der Waals surface area contributed by atoms with E-state index >= 15 is 0 Å². The fraction of sp³-hybridized carbons (Fsp3) is 0.267. The first-order valence-corrected chi connectivity index (χ1v) is 7.06. The number of benzene rings is 1. The molecule has 1 aromatic carbocycles. The van der Waals surface area contributed by atoms with E-state index in [9.17, 15) is 4.79 Å². The second-order valence-electron chi connectivity index (χ2n) is 4.26. The van der Waals surface area contributed by atoms with Crippen LogP contribution in [-0.4, -0.2) is 18.2 Å². The second kappa shape index (κ2) is 6.63. The number of carbonyl (C=O) groups is 1. The number of aliphatic hydroxyl groups excluding tert-OH is 1. The number of furan rings is 1. The van der Waals surface area contributed by atoms with Gasteiger partial charge in [-0.15, -0.1) is 11.8 Å². The van der Waals surface area contributed by atoms with Crippen LogP contribution in [0.4, 0.5) is 0 Å². The summed E-state index contributed by atoms with van der Waals surface area (Å²) in [5, 5.41) is 9.08. The highest BCUT2D eigenvalue weighted by Gasteiger charge is 2.16. The highest BCUT2D eigenvalue weighted by Crippen LogP contribution is 2.35. The van der Waals surface area contributed by atoms with Gasteiger partial charge in [-0.3, -0.25) is 0 Å². The summed E-state index contributed by atoms with van der Waals surface area (Å²) in [6, 6.07) is 11.1.